The number of fused-ring (bicyclic) bond motifs is 1. The van der Waals surface area contributed by atoms with E-state index in [2.05, 4.69) is 4.98 Å². The van der Waals surface area contributed by atoms with Gasteiger partial charge in [-0.15, -0.1) is 0 Å². The Morgan fingerprint density at radius 3 is 2.65 bits per heavy atom. The van der Waals surface area contributed by atoms with Gasteiger partial charge in [-0.3, -0.25) is 10.5 Å². The Hall–Kier alpha value is -2.81. The Balaban J connectivity index is 2.96. The number of nitriles is 1. The van der Waals surface area contributed by atoms with E-state index in [1.54, 1.807) is 6.07 Å². The molecule has 3 N–H and O–H groups in total. The van der Waals surface area contributed by atoms with Crippen LogP contribution in [0.4, 0.5) is 0 Å². The zero-order valence-corrected chi connectivity index (χ0v) is 8.43. The molecule has 0 spiro atoms. The van der Waals surface area contributed by atoms with E-state index >= 15 is 0 Å². The summed E-state index contributed by atoms with van der Waals surface area (Å²) in [5, 5.41) is 28.3. The molecule has 0 unspecified atom stereocenters. The van der Waals surface area contributed by atoms with Crippen molar-refractivity contribution in [3.05, 3.63) is 29.6 Å². The zero-order valence-electron chi connectivity index (χ0n) is 8.43. The lowest BCUT2D eigenvalue weighted by Gasteiger charge is -2.06. The van der Waals surface area contributed by atoms with Crippen LogP contribution in [0.2, 0.25) is 0 Å². The van der Waals surface area contributed by atoms with E-state index in [1.807, 2.05) is 0 Å². The fourth-order valence-corrected chi connectivity index (χ4v) is 1.53. The SMILES string of the molecule is N#Cc1nc(C([NH])=O)c(O)c2ccc(O)cc12. The molecule has 0 saturated carbocycles. The first-order valence-corrected chi connectivity index (χ1v) is 4.56. The van der Waals surface area contributed by atoms with Crippen LogP contribution in [0.1, 0.15) is 16.2 Å². The van der Waals surface area contributed by atoms with Gasteiger partial charge in [-0.25, -0.2) is 4.98 Å². The Kier molecular flexibility index (Phi) is 2.29. The Labute approximate surface area is 95.5 Å². The predicted molar refractivity (Wildman–Crippen MR) is 57.2 cm³/mol. The van der Waals surface area contributed by atoms with Crippen molar-refractivity contribution in [3.8, 4) is 17.6 Å². The second kappa shape index (κ2) is 3.64. The number of hydrogen-bond donors (Lipinski definition) is 2. The quantitative estimate of drug-likeness (QED) is 0.752. The maximum absolute atomic E-state index is 10.9. The van der Waals surface area contributed by atoms with Gasteiger partial charge >= 0.3 is 0 Å². The third kappa shape index (κ3) is 1.59. The van der Waals surface area contributed by atoms with Crippen molar-refractivity contribution in [2.45, 2.75) is 0 Å². The van der Waals surface area contributed by atoms with Gasteiger partial charge in [-0.05, 0) is 18.2 Å². The van der Waals surface area contributed by atoms with Crippen LogP contribution in [-0.4, -0.2) is 21.1 Å². The molecule has 6 nitrogen and oxygen atoms in total. The first-order chi connectivity index (χ1) is 8.04. The number of phenols is 1. The lowest BCUT2D eigenvalue weighted by Crippen LogP contribution is -2.05. The minimum absolute atomic E-state index is 0.0832. The van der Waals surface area contributed by atoms with Gasteiger partial charge in [-0.1, -0.05) is 0 Å². The van der Waals surface area contributed by atoms with Gasteiger partial charge in [0, 0.05) is 10.8 Å². The van der Waals surface area contributed by atoms with Crippen LogP contribution in [0.15, 0.2) is 18.2 Å². The summed E-state index contributed by atoms with van der Waals surface area (Å²) in [5.41, 5.74) is 6.34. The van der Waals surface area contributed by atoms with Crippen LogP contribution in [0.25, 0.3) is 10.8 Å². The van der Waals surface area contributed by atoms with E-state index in [0.29, 0.717) is 0 Å². The van der Waals surface area contributed by atoms with E-state index in [-0.39, 0.29) is 22.2 Å². The molecule has 17 heavy (non-hydrogen) atoms. The molecular weight excluding hydrogens is 222 g/mol. The van der Waals surface area contributed by atoms with Gasteiger partial charge < -0.3 is 10.2 Å². The highest BCUT2D eigenvalue weighted by Gasteiger charge is 2.17. The molecule has 0 fully saturated rings. The molecule has 1 heterocycles. The number of aromatic hydroxyl groups is 2. The fraction of sp³-hybridized carbons (Fsp3) is 0. The predicted octanol–water partition coefficient (Wildman–Crippen LogP) is 0.941. The molecular formula is C11H6N3O3. The molecule has 1 aromatic heterocycles. The summed E-state index contributed by atoms with van der Waals surface area (Å²) in [4.78, 5) is 14.5. The lowest BCUT2D eigenvalue weighted by molar-refractivity contribution is 0.0984. The van der Waals surface area contributed by atoms with E-state index in [0.717, 1.165) is 0 Å². The summed E-state index contributed by atoms with van der Waals surface area (Å²) in [7, 11) is 0. The maximum atomic E-state index is 10.9. The molecule has 0 saturated heterocycles. The number of nitrogens with zero attached hydrogens (tertiary/aromatic N) is 2. The van der Waals surface area contributed by atoms with Crippen LogP contribution in [0.5, 0.6) is 11.5 Å². The summed E-state index contributed by atoms with van der Waals surface area (Å²) >= 11 is 0. The molecule has 6 heteroatoms. The molecule has 83 valence electrons. The number of carbonyl (C=O) groups is 1. The van der Waals surface area contributed by atoms with Gasteiger partial charge in [0.05, 0.1) is 0 Å². The molecule has 2 aromatic rings. The maximum Gasteiger partial charge on any atom is 0.292 e. The third-order valence-electron chi connectivity index (χ3n) is 2.28. The summed E-state index contributed by atoms with van der Waals surface area (Å²) in [6.45, 7) is 0. The highest BCUT2D eigenvalue weighted by atomic mass is 16.3. The molecule has 0 aliphatic carbocycles. The summed E-state index contributed by atoms with van der Waals surface area (Å²) < 4.78 is 0. The van der Waals surface area contributed by atoms with Crippen LogP contribution >= 0.6 is 0 Å². The van der Waals surface area contributed by atoms with E-state index in [9.17, 15) is 15.0 Å². The van der Waals surface area contributed by atoms with Crippen molar-refractivity contribution in [2.24, 2.45) is 0 Å². The molecule has 0 aliphatic rings. The monoisotopic (exact) mass is 228 g/mol. The number of benzene rings is 1. The summed E-state index contributed by atoms with van der Waals surface area (Å²) in [6, 6.07) is 5.68. The van der Waals surface area contributed by atoms with Crippen molar-refractivity contribution in [2.75, 3.05) is 0 Å². The summed E-state index contributed by atoms with van der Waals surface area (Å²) in [5.74, 6) is -1.71. The topological polar surface area (TPSA) is 118 Å². The van der Waals surface area contributed by atoms with E-state index in [4.69, 9.17) is 11.0 Å². The second-order valence-electron chi connectivity index (χ2n) is 3.33. The normalized spacial score (nSPS) is 10.1. The highest BCUT2D eigenvalue weighted by molar-refractivity contribution is 6.02. The van der Waals surface area contributed by atoms with E-state index in [1.165, 1.54) is 18.2 Å². The van der Waals surface area contributed by atoms with Crippen molar-refractivity contribution < 1.29 is 15.0 Å². The average Bonchev–Trinajstić information content (AvgIpc) is 2.29. The number of hydrogen-bond acceptors (Lipinski definition) is 5. The van der Waals surface area contributed by atoms with Gasteiger partial charge in [0.15, 0.2) is 11.4 Å². The molecule has 0 atom stereocenters. The number of rotatable bonds is 1. The van der Waals surface area contributed by atoms with Gasteiger partial charge in [0.25, 0.3) is 5.91 Å². The van der Waals surface area contributed by atoms with Gasteiger partial charge in [0.1, 0.15) is 17.5 Å². The van der Waals surface area contributed by atoms with Crippen molar-refractivity contribution in [3.63, 3.8) is 0 Å². The fourth-order valence-electron chi connectivity index (χ4n) is 1.53. The largest absolute Gasteiger partial charge is 0.508 e. The first kappa shape index (κ1) is 10.7. The number of nitrogens with one attached hydrogen (secondary N) is 1. The Morgan fingerprint density at radius 2 is 2.06 bits per heavy atom. The number of aromatic nitrogens is 1. The molecule has 2 rings (SSSR count). The number of amides is 1. The molecule has 0 aliphatic heterocycles. The average molecular weight is 228 g/mol. The van der Waals surface area contributed by atoms with Crippen LogP contribution in [0.3, 0.4) is 0 Å². The number of phenolic OH excluding ortho intramolecular Hbond substituents is 1. The molecule has 1 radical (unpaired) electrons. The molecule has 0 bridgehead atoms. The van der Waals surface area contributed by atoms with Gasteiger partial charge in [0.2, 0.25) is 0 Å². The first-order valence-electron chi connectivity index (χ1n) is 4.56. The Morgan fingerprint density at radius 1 is 1.35 bits per heavy atom. The summed E-state index contributed by atoms with van der Waals surface area (Å²) in [6.07, 6.45) is 0. The smallest absolute Gasteiger partial charge is 0.292 e. The van der Waals surface area contributed by atoms with Crippen molar-refractivity contribution >= 4 is 16.7 Å². The Bertz CT molecular complexity index is 674. The lowest BCUT2D eigenvalue weighted by atomic mass is 10.1. The molecule has 1 aromatic carbocycles. The number of pyridine rings is 1. The minimum atomic E-state index is -1.17. The zero-order chi connectivity index (χ0) is 12.6. The van der Waals surface area contributed by atoms with Crippen molar-refractivity contribution in [1.29, 1.82) is 5.26 Å². The van der Waals surface area contributed by atoms with Crippen LogP contribution in [-0.2, 0) is 0 Å². The van der Waals surface area contributed by atoms with Crippen LogP contribution in [0, 0.1) is 11.3 Å². The van der Waals surface area contributed by atoms with Crippen LogP contribution < -0.4 is 5.73 Å². The second-order valence-corrected chi connectivity index (χ2v) is 3.33. The van der Waals surface area contributed by atoms with Gasteiger partial charge in [-0.2, -0.15) is 5.26 Å². The standard InChI is InChI=1S/C11H6N3O3/c12-4-8-7-3-5(15)1-2-6(7)10(16)9(14-8)11(13)17/h1-3,13,15-16H. The highest BCUT2D eigenvalue weighted by Crippen LogP contribution is 2.31. The minimum Gasteiger partial charge on any atom is -0.508 e. The molecule has 1 amide bonds. The third-order valence-corrected chi connectivity index (χ3v) is 2.28. The van der Waals surface area contributed by atoms with Crippen molar-refractivity contribution in [1.82, 2.24) is 10.7 Å². The van der Waals surface area contributed by atoms with E-state index < -0.39 is 17.4 Å². The number of carbonyl (C=O) groups excluding carboxylic acids is 1.